The van der Waals surface area contributed by atoms with Gasteiger partial charge in [0.25, 0.3) is 0 Å². The molecule has 1 atom stereocenters. The van der Waals surface area contributed by atoms with E-state index in [0.717, 1.165) is 80.8 Å². The first-order valence-corrected chi connectivity index (χ1v) is 19.3. The van der Waals surface area contributed by atoms with Gasteiger partial charge in [-0.05, 0) is 97.2 Å². The average molecular weight is 739 g/mol. The van der Waals surface area contributed by atoms with E-state index in [2.05, 4.69) is 41.2 Å². The molecule has 286 valence electrons. The molecular formula is C42H50N4O8. The number of hydrogen-bond donors (Lipinski definition) is 0. The minimum atomic E-state index is -0.585. The van der Waals surface area contributed by atoms with Gasteiger partial charge in [-0.25, -0.2) is 4.79 Å². The molecule has 4 heterocycles. The SMILES string of the molecule is CCC1(CCCCCOc2ccc(COOc3ccc4c(c3)C(C)c3cc(OC(=O)c5ccc(OCCCC6(CC)COC6)nn5)ccc3-4)nn2)COC1. The fourth-order valence-electron chi connectivity index (χ4n) is 7.31. The third-order valence-electron chi connectivity index (χ3n) is 11.2. The lowest BCUT2D eigenvalue weighted by Crippen LogP contribution is -2.42. The molecule has 12 nitrogen and oxygen atoms in total. The van der Waals surface area contributed by atoms with Crippen LogP contribution in [-0.4, -0.2) is 66.0 Å². The highest BCUT2D eigenvalue weighted by Gasteiger charge is 2.36. The molecule has 2 saturated heterocycles. The van der Waals surface area contributed by atoms with Gasteiger partial charge >= 0.3 is 5.97 Å². The summed E-state index contributed by atoms with van der Waals surface area (Å²) in [6, 6.07) is 18.4. The van der Waals surface area contributed by atoms with Crippen molar-refractivity contribution < 1.29 is 38.3 Å². The zero-order valence-electron chi connectivity index (χ0n) is 31.5. The number of ether oxygens (including phenoxy) is 5. The topological polar surface area (TPSA) is 133 Å². The van der Waals surface area contributed by atoms with Gasteiger partial charge in [-0.15, -0.1) is 20.4 Å². The Balaban J connectivity index is 0.835. The molecule has 2 aromatic carbocycles. The monoisotopic (exact) mass is 738 g/mol. The van der Waals surface area contributed by atoms with E-state index in [1.807, 2.05) is 36.4 Å². The molecule has 7 rings (SSSR count). The van der Waals surface area contributed by atoms with E-state index in [0.29, 0.717) is 53.0 Å². The molecule has 4 aromatic rings. The normalized spacial score (nSPS) is 17.4. The van der Waals surface area contributed by atoms with Crippen LogP contribution in [-0.2, 0) is 21.0 Å². The lowest BCUT2D eigenvalue weighted by atomic mass is 9.78. The minimum Gasteiger partial charge on any atom is -0.477 e. The molecule has 0 saturated carbocycles. The summed E-state index contributed by atoms with van der Waals surface area (Å²) >= 11 is 0. The van der Waals surface area contributed by atoms with Crippen LogP contribution in [0.25, 0.3) is 11.1 Å². The summed E-state index contributed by atoms with van der Waals surface area (Å²) in [5.74, 6) is 1.35. The van der Waals surface area contributed by atoms with Gasteiger partial charge < -0.3 is 28.6 Å². The number of carbonyl (C=O) groups is 1. The van der Waals surface area contributed by atoms with E-state index in [1.165, 1.54) is 19.3 Å². The van der Waals surface area contributed by atoms with E-state index in [9.17, 15) is 4.79 Å². The van der Waals surface area contributed by atoms with Crippen LogP contribution in [0.2, 0.25) is 0 Å². The molecule has 0 amide bonds. The van der Waals surface area contributed by atoms with Gasteiger partial charge in [-0.2, -0.15) is 4.89 Å². The summed E-state index contributed by atoms with van der Waals surface area (Å²) in [4.78, 5) is 24.1. The van der Waals surface area contributed by atoms with Crippen molar-refractivity contribution >= 4 is 5.97 Å². The summed E-state index contributed by atoms with van der Waals surface area (Å²) in [6.07, 6.45) is 8.78. The maximum Gasteiger partial charge on any atom is 0.364 e. The summed E-state index contributed by atoms with van der Waals surface area (Å²) in [5.41, 5.74) is 5.74. The van der Waals surface area contributed by atoms with Crippen molar-refractivity contribution in [2.24, 2.45) is 10.8 Å². The highest BCUT2D eigenvalue weighted by atomic mass is 17.2. The number of nitrogens with zero attached hydrogens (tertiary/aromatic N) is 4. The van der Waals surface area contributed by atoms with Crippen LogP contribution in [0.1, 0.15) is 105 Å². The molecule has 0 N–H and O–H groups in total. The van der Waals surface area contributed by atoms with Crippen molar-refractivity contribution in [1.82, 2.24) is 20.4 Å². The van der Waals surface area contributed by atoms with Crippen LogP contribution in [0.3, 0.4) is 0 Å². The molecule has 1 unspecified atom stereocenters. The van der Waals surface area contributed by atoms with Gasteiger partial charge in [0.1, 0.15) is 12.4 Å². The van der Waals surface area contributed by atoms with Crippen molar-refractivity contribution in [3.63, 3.8) is 0 Å². The van der Waals surface area contributed by atoms with E-state index < -0.39 is 5.97 Å². The Hall–Kier alpha value is -4.65. The third-order valence-corrected chi connectivity index (χ3v) is 11.2. The van der Waals surface area contributed by atoms with Gasteiger partial charge in [0.2, 0.25) is 11.8 Å². The summed E-state index contributed by atoms with van der Waals surface area (Å²) in [6.45, 7) is 11.3. The maximum atomic E-state index is 12.9. The van der Waals surface area contributed by atoms with Gasteiger partial charge in [0.05, 0.1) is 45.3 Å². The molecule has 3 aliphatic rings. The Morgan fingerprint density at radius 2 is 1.31 bits per heavy atom. The van der Waals surface area contributed by atoms with Gasteiger partial charge in [0, 0.05) is 28.9 Å². The summed E-state index contributed by atoms with van der Waals surface area (Å²) in [7, 11) is 0. The number of unbranched alkanes of at least 4 members (excludes halogenated alkanes) is 2. The minimum absolute atomic E-state index is 0.0428. The zero-order chi connectivity index (χ0) is 37.4. The van der Waals surface area contributed by atoms with Crippen molar-refractivity contribution in [2.75, 3.05) is 39.6 Å². The molecule has 0 spiro atoms. The molecule has 1 aliphatic carbocycles. The molecule has 0 radical (unpaired) electrons. The molecule has 0 bridgehead atoms. The standard InChI is InChI=1S/C42H50N4O8/c1-4-41(25-48-26-41)18-7-6-8-20-50-38-16-10-30(43-45-38)24-52-54-32-12-14-34-33-13-11-31(22-35(33)29(3)36(34)23-32)53-40(47)37-15-17-39(46-44-37)51-21-9-19-42(5-2)27-49-28-42/h10-17,22-23,29H,4-9,18-21,24-28H2,1-3H3. The largest absolute Gasteiger partial charge is 0.477 e. The van der Waals surface area contributed by atoms with Gasteiger partial charge in [-0.1, -0.05) is 45.7 Å². The van der Waals surface area contributed by atoms with Gasteiger partial charge in [0.15, 0.2) is 11.4 Å². The van der Waals surface area contributed by atoms with Gasteiger partial charge in [-0.3, -0.25) is 0 Å². The fourth-order valence-corrected chi connectivity index (χ4v) is 7.31. The van der Waals surface area contributed by atoms with E-state index in [-0.39, 0.29) is 18.2 Å². The molecule has 54 heavy (non-hydrogen) atoms. The molecule has 2 aromatic heterocycles. The van der Waals surface area contributed by atoms with Crippen molar-refractivity contribution in [3.05, 3.63) is 83.2 Å². The third kappa shape index (κ3) is 8.83. The highest BCUT2D eigenvalue weighted by molar-refractivity contribution is 5.89. The number of carbonyl (C=O) groups excluding carboxylic acids is 1. The summed E-state index contributed by atoms with van der Waals surface area (Å²) in [5, 5.41) is 16.5. The first-order valence-electron chi connectivity index (χ1n) is 19.3. The number of hydrogen-bond acceptors (Lipinski definition) is 12. The zero-order valence-corrected chi connectivity index (χ0v) is 31.5. The summed E-state index contributed by atoms with van der Waals surface area (Å²) < 4.78 is 28.0. The predicted molar refractivity (Wildman–Crippen MR) is 200 cm³/mol. The Morgan fingerprint density at radius 3 is 1.91 bits per heavy atom. The number of aromatic nitrogens is 4. The lowest BCUT2D eigenvalue weighted by Gasteiger charge is -2.41. The number of rotatable bonds is 20. The van der Waals surface area contributed by atoms with E-state index >= 15 is 0 Å². The Labute approximate surface area is 316 Å². The molecule has 2 aliphatic heterocycles. The lowest BCUT2D eigenvalue weighted by molar-refractivity contribution is -0.218. The van der Waals surface area contributed by atoms with Crippen molar-refractivity contribution in [2.45, 2.75) is 84.7 Å². The fraction of sp³-hybridized carbons (Fsp3) is 0.500. The van der Waals surface area contributed by atoms with Crippen molar-refractivity contribution in [1.29, 1.82) is 0 Å². The Kier molecular flexibility index (Phi) is 12.0. The second kappa shape index (κ2) is 17.2. The Bertz CT molecular complexity index is 1850. The highest BCUT2D eigenvalue weighted by Crippen LogP contribution is 2.47. The van der Waals surface area contributed by atoms with Crippen LogP contribution in [0.4, 0.5) is 0 Å². The van der Waals surface area contributed by atoms with Crippen LogP contribution < -0.4 is 19.1 Å². The predicted octanol–water partition coefficient (Wildman–Crippen LogP) is 8.08. The van der Waals surface area contributed by atoms with E-state index in [1.54, 1.807) is 24.3 Å². The van der Waals surface area contributed by atoms with Crippen LogP contribution >= 0.6 is 0 Å². The van der Waals surface area contributed by atoms with Crippen LogP contribution in [0.5, 0.6) is 23.3 Å². The molecule has 12 heteroatoms. The Morgan fingerprint density at radius 1 is 0.704 bits per heavy atom. The average Bonchev–Trinajstić information content (AvgIpc) is 3.44. The number of esters is 1. The van der Waals surface area contributed by atoms with Crippen LogP contribution in [0, 0.1) is 10.8 Å². The first kappa shape index (κ1) is 37.7. The maximum absolute atomic E-state index is 12.9. The smallest absolute Gasteiger partial charge is 0.364 e. The van der Waals surface area contributed by atoms with Crippen LogP contribution in [0.15, 0.2) is 60.7 Å². The second-order valence-corrected chi connectivity index (χ2v) is 14.9. The quantitative estimate of drug-likeness (QED) is 0.0285. The molecular weight excluding hydrogens is 688 g/mol. The number of benzene rings is 2. The first-order chi connectivity index (χ1) is 26.4. The van der Waals surface area contributed by atoms with Crippen molar-refractivity contribution in [3.8, 4) is 34.4 Å². The van der Waals surface area contributed by atoms with E-state index in [4.69, 9.17) is 33.5 Å². The molecule has 2 fully saturated rings. The number of fused-ring (bicyclic) bond motifs is 3. The second-order valence-electron chi connectivity index (χ2n) is 14.9.